The van der Waals surface area contributed by atoms with Crippen molar-refractivity contribution in [3.8, 4) is 0 Å². The number of carboxylic acids is 1. The van der Waals surface area contributed by atoms with Crippen molar-refractivity contribution in [1.29, 1.82) is 0 Å². The minimum absolute atomic E-state index is 0.0637. The predicted octanol–water partition coefficient (Wildman–Crippen LogP) is 2.91. The summed E-state index contributed by atoms with van der Waals surface area (Å²) in [6, 6.07) is 19.7. The Kier molecular flexibility index (Phi) is 4.89. The number of hydrogen-bond acceptors (Lipinski definition) is 3. The molecule has 0 amide bonds. The van der Waals surface area contributed by atoms with Crippen LogP contribution in [0.4, 0.5) is 0 Å². The van der Waals surface area contributed by atoms with Crippen LogP contribution in [0, 0.1) is 0 Å². The van der Waals surface area contributed by atoms with Gasteiger partial charge in [-0.15, -0.1) is 0 Å². The smallest absolute Gasteiger partial charge is 0.344 e. The summed E-state index contributed by atoms with van der Waals surface area (Å²) >= 11 is 0. The van der Waals surface area contributed by atoms with Crippen LogP contribution in [0.1, 0.15) is 17.0 Å². The molecule has 0 unspecified atom stereocenters. The first-order valence-electron chi connectivity index (χ1n) is 6.24. The van der Waals surface area contributed by atoms with Gasteiger partial charge < -0.3 is 9.94 Å². The highest BCUT2D eigenvalue weighted by Gasteiger charge is 2.11. The molecule has 2 aromatic rings. The topological polar surface area (TPSA) is 58.9 Å². The molecule has 2 aromatic carbocycles. The Morgan fingerprint density at radius 3 is 2.00 bits per heavy atom. The quantitative estimate of drug-likeness (QED) is 0.648. The second kappa shape index (κ2) is 7.09. The van der Waals surface area contributed by atoms with Crippen LogP contribution in [-0.4, -0.2) is 23.9 Å². The Morgan fingerprint density at radius 2 is 1.55 bits per heavy atom. The summed E-state index contributed by atoms with van der Waals surface area (Å²) in [7, 11) is 0. The zero-order valence-corrected chi connectivity index (χ0v) is 10.8. The molecule has 4 heteroatoms. The summed E-state index contributed by atoms with van der Waals surface area (Å²) < 4.78 is 0. The first-order chi connectivity index (χ1) is 9.77. The predicted molar refractivity (Wildman–Crippen MR) is 76.8 cm³/mol. The number of oxime groups is 1. The molecule has 0 aliphatic carbocycles. The molecule has 0 spiro atoms. The molecule has 0 saturated heterocycles. The molecular formula is C16H15NO3. The maximum Gasteiger partial charge on any atom is 0.344 e. The fourth-order valence-corrected chi connectivity index (χ4v) is 1.88. The second-order valence-electron chi connectivity index (χ2n) is 4.22. The summed E-state index contributed by atoms with van der Waals surface area (Å²) in [6.45, 7) is -0.438. The van der Waals surface area contributed by atoms with Crippen molar-refractivity contribution in [2.45, 2.75) is 5.92 Å². The summed E-state index contributed by atoms with van der Waals surface area (Å²) in [4.78, 5) is 15.1. The van der Waals surface area contributed by atoms with Crippen LogP contribution in [-0.2, 0) is 9.63 Å². The van der Waals surface area contributed by atoms with Gasteiger partial charge in [0.1, 0.15) is 0 Å². The highest BCUT2D eigenvalue weighted by Crippen LogP contribution is 2.22. The van der Waals surface area contributed by atoms with Crippen molar-refractivity contribution in [2.75, 3.05) is 6.61 Å². The lowest BCUT2D eigenvalue weighted by molar-refractivity contribution is -0.142. The Bertz CT molecular complexity index is 527. The monoisotopic (exact) mass is 269 g/mol. The van der Waals surface area contributed by atoms with Crippen LogP contribution in [0.5, 0.6) is 0 Å². The fraction of sp³-hybridized carbons (Fsp3) is 0.125. The number of aliphatic carboxylic acids is 1. The van der Waals surface area contributed by atoms with Crippen LogP contribution < -0.4 is 0 Å². The number of hydrogen-bond donors (Lipinski definition) is 1. The first-order valence-corrected chi connectivity index (χ1v) is 6.24. The number of carbonyl (C=O) groups is 1. The molecule has 1 N–H and O–H groups in total. The molecule has 0 saturated carbocycles. The second-order valence-corrected chi connectivity index (χ2v) is 4.22. The molecule has 0 aromatic heterocycles. The van der Waals surface area contributed by atoms with Gasteiger partial charge in [0.25, 0.3) is 0 Å². The SMILES string of the molecule is O=C(O)CO/N=C/C(c1ccccc1)c1ccccc1. The summed E-state index contributed by atoms with van der Waals surface area (Å²) in [5.74, 6) is -1.11. The molecule has 4 nitrogen and oxygen atoms in total. The molecule has 102 valence electrons. The Labute approximate surface area is 117 Å². The van der Waals surface area contributed by atoms with Crippen LogP contribution in [0.25, 0.3) is 0 Å². The number of rotatable bonds is 6. The molecule has 0 bridgehead atoms. The van der Waals surface area contributed by atoms with Gasteiger partial charge in [-0.05, 0) is 11.1 Å². The Hall–Kier alpha value is -2.62. The van der Waals surface area contributed by atoms with E-state index in [4.69, 9.17) is 9.94 Å². The lowest BCUT2D eigenvalue weighted by atomic mass is 9.92. The van der Waals surface area contributed by atoms with Gasteiger partial charge in [-0.3, -0.25) is 0 Å². The summed E-state index contributed by atoms with van der Waals surface area (Å²) in [5, 5.41) is 12.3. The highest BCUT2D eigenvalue weighted by atomic mass is 16.6. The third kappa shape index (κ3) is 3.95. The molecule has 0 heterocycles. The van der Waals surface area contributed by atoms with Crippen molar-refractivity contribution < 1.29 is 14.7 Å². The molecule has 0 aliphatic rings. The van der Waals surface area contributed by atoms with E-state index in [0.29, 0.717) is 0 Å². The standard InChI is InChI=1S/C16H15NO3/c18-16(19)12-20-17-11-15(13-7-3-1-4-8-13)14-9-5-2-6-10-14/h1-11,15H,12H2,(H,18,19)/b17-11+. The van der Waals surface area contributed by atoms with Crippen molar-refractivity contribution in [3.05, 3.63) is 71.8 Å². The molecule has 0 atom stereocenters. The lowest BCUT2D eigenvalue weighted by Gasteiger charge is -2.12. The van der Waals surface area contributed by atoms with Crippen LogP contribution in [0.2, 0.25) is 0 Å². The molecule has 0 radical (unpaired) electrons. The normalized spacial score (nSPS) is 10.8. The lowest BCUT2D eigenvalue weighted by Crippen LogP contribution is -2.06. The zero-order valence-electron chi connectivity index (χ0n) is 10.8. The van der Waals surface area contributed by atoms with Gasteiger partial charge in [-0.25, -0.2) is 4.79 Å². The largest absolute Gasteiger partial charge is 0.479 e. The molecule has 0 aliphatic heterocycles. The third-order valence-corrected chi connectivity index (χ3v) is 2.79. The van der Waals surface area contributed by atoms with Crippen molar-refractivity contribution in [1.82, 2.24) is 0 Å². The van der Waals surface area contributed by atoms with Gasteiger partial charge in [0.2, 0.25) is 6.61 Å². The van der Waals surface area contributed by atoms with E-state index in [1.807, 2.05) is 60.7 Å². The average Bonchev–Trinajstić information content (AvgIpc) is 2.49. The van der Waals surface area contributed by atoms with E-state index in [0.717, 1.165) is 11.1 Å². The van der Waals surface area contributed by atoms with Gasteiger partial charge in [0, 0.05) is 5.92 Å². The van der Waals surface area contributed by atoms with Gasteiger partial charge in [0.15, 0.2) is 0 Å². The van der Waals surface area contributed by atoms with E-state index < -0.39 is 12.6 Å². The van der Waals surface area contributed by atoms with Gasteiger partial charge in [-0.1, -0.05) is 65.8 Å². The first kappa shape index (κ1) is 13.8. The van der Waals surface area contributed by atoms with Crippen LogP contribution >= 0.6 is 0 Å². The molecule has 2 rings (SSSR count). The minimum atomic E-state index is -1.04. The highest BCUT2D eigenvalue weighted by molar-refractivity contribution is 5.73. The number of carboxylic acid groups (broad SMARTS) is 1. The summed E-state index contributed by atoms with van der Waals surface area (Å²) in [5.41, 5.74) is 2.14. The van der Waals surface area contributed by atoms with E-state index in [2.05, 4.69) is 5.16 Å². The van der Waals surface area contributed by atoms with E-state index in [-0.39, 0.29) is 5.92 Å². The Morgan fingerprint density at radius 1 is 1.05 bits per heavy atom. The number of nitrogens with zero attached hydrogens (tertiary/aromatic N) is 1. The number of benzene rings is 2. The van der Waals surface area contributed by atoms with Crippen LogP contribution in [0.3, 0.4) is 0 Å². The fourth-order valence-electron chi connectivity index (χ4n) is 1.88. The van der Waals surface area contributed by atoms with Crippen molar-refractivity contribution >= 4 is 12.2 Å². The minimum Gasteiger partial charge on any atom is -0.479 e. The van der Waals surface area contributed by atoms with E-state index in [1.165, 1.54) is 0 Å². The van der Waals surface area contributed by atoms with Crippen molar-refractivity contribution in [3.63, 3.8) is 0 Å². The molecular weight excluding hydrogens is 254 g/mol. The van der Waals surface area contributed by atoms with E-state index >= 15 is 0 Å². The maximum absolute atomic E-state index is 10.4. The third-order valence-electron chi connectivity index (χ3n) is 2.79. The zero-order chi connectivity index (χ0) is 14.2. The molecule has 0 fully saturated rings. The van der Waals surface area contributed by atoms with Crippen molar-refractivity contribution in [2.24, 2.45) is 5.16 Å². The van der Waals surface area contributed by atoms with Gasteiger partial charge >= 0.3 is 5.97 Å². The summed E-state index contributed by atoms with van der Waals surface area (Å²) in [6.07, 6.45) is 1.62. The van der Waals surface area contributed by atoms with Crippen LogP contribution in [0.15, 0.2) is 65.8 Å². The maximum atomic E-state index is 10.4. The average molecular weight is 269 g/mol. The van der Waals surface area contributed by atoms with Gasteiger partial charge in [0.05, 0.1) is 6.21 Å². The molecule has 20 heavy (non-hydrogen) atoms. The van der Waals surface area contributed by atoms with E-state index in [9.17, 15) is 4.79 Å². The van der Waals surface area contributed by atoms with Gasteiger partial charge in [-0.2, -0.15) is 0 Å². The van der Waals surface area contributed by atoms with E-state index in [1.54, 1.807) is 6.21 Å². The Balaban J connectivity index is 2.19.